The SMILES string of the molecule is CCC(CC)(CBr)COc1cccc([N+](=O)[O-])c1Br. The Morgan fingerprint density at radius 2 is 2.00 bits per heavy atom. The molecule has 0 aromatic heterocycles. The summed E-state index contributed by atoms with van der Waals surface area (Å²) >= 11 is 6.76. The van der Waals surface area contributed by atoms with E-state index in [4.69, 9.17) is 4.74 Å². The van der Waals surface area contributed by atoms with E-state index in [-0.39, 0.29) is 11.1 Å². The van der Waals surface area contributed by atoms with Crippen molar-refractivity contribution in [1.82, 2.24) is 0 Å². The van der Waals surface area contributed by atoms with Gasteiger partial charge in [0.1, 0.15) is 10.2 Å². The van der Waals surface area contributed by atoms with Gasteiger partial charge in [-0.15, -0.1) is 0 Å². The molecule has 0 atom stereocenters. The number of hydrogen-bond acceptors (Lipinski definition) is 3. The first-order valence-electron chi connectivity index (χ1n) is 6.11. The largest absolute Gasteiger partial charge is 0.492 e. The molecule has 0 fully saturated rings. The monoisotopic (exact) mass is 393 g/mol. The smallest absolute Gasteiger partial charge is 0.287 e. The van der Waals surface area contributed by atoms with Crippen molar-refractivity contribution in [3.8, 4) is 5.75 Å². The minimum atomic E-state index is -0.422. The van der Waals surface area contributed by atoms with E-state index < -0.39 is 4.92 Å². The number of hydrogen-bond donors (Lipinski definition) is 0. The molecule has 0 aliphatic heterocycles. The Morgan fingerprint density at radius 3 is 2.47 bits per heavy atom. The van der Waals surface area contributed by atoms with Gasteiger partial charge in [0.05, 0.1) is 11.5 Å². The Morgan fingerprint density at radius 1 is 1.37 bits per heavy atom. The zero-order valence-electron chi connectivity index (χ0n) is 11.0. The molecule has 6 heteroatoms. The molecule has 1 aromatic rings. The molecule has 1 rings (SSSR count). The molecule has 0 N–H and O–H groups in total. The van der Waals surface area contributed by atoms with Crippen LogP contribution < -0.4 is 4.74 Å². The lowest BCUT2D eigenvalue weighted by Gasteiger charge is -2.29. The molecule has 0 bridgehead atoms. The Balaban J connectivity index is 2.89. The van der Waals surface area contributed by atoms with Gasteiger partial charge in [0.2, 0.25) is 0 Å². The second-order valence-electron chi connectivity index (χ2n) is 4.48. The highest BCUT2D eigenvalue weighted by Gasteiger charge is 2.27. The third-order valence-corrected chi connectivity index (χ3v) is 5.44. The maximum atomic E-state index is 10.9. The minimum absolute atomic E-state index is 0.0231. The zero-order valence-corrected chi connectivity index (χ0v) is 14.2. The van der Waals surface area contributed by atoms with Gasteiger partial charge in [-0.3, -0.25) is 10.1 Å². The lowest BCUT2D eigenvalue weighted by atomic mass is 9.86. The van der Waals surface area contributed by atoms with Crippen LogP contribution in [0.5, 0.6) is 5.75 Å². The van der Waals surface area contributed by atoms with Crippen molar-refractivity contribution in [3.05, 3.63) is 32.8 Å². The van der Waals surface area contributed by atoms with Crippen molar-refractivity contribution in [3.63, 3.8) is 0 Å². The molecule has 0 radical (unpaired) electrons. The fraction of sp³-hybridized carbons (Fsp3) is 0.538. The molecule has 0 aliphatic rings. The fourth-order valence-corrected chi connectivity index (χ4v) is 3.14. The lowest BCUT2D eigenvalue weighted by molar-refractivity contribution is -0.385. The van der Waals surface area contributed by atoms with Crippen molar-refractivity contribution >= 4 is 37.5 Å². The van der Waals surface area contributed by atoms with E-state index in [1.54, 1.807) is 12.1 Å². The first-order chi connectivity index (χ1) is 8.99. The number of nitro groups is 1. The quantitative estimate of drug-likeness (QED) is 0.374. The second-order valence-corrected chi connectivity index (χ2v) is 5.83. The first-order valence-corrected chi connectivity index (χ1v) is 8.02. The van der Waals surface area contributed by atoms with Crippen LogP contribution in [0.25, 0.3) is 0 Å². The van der Waals surface area contributed by atoms with Crippen molar-refractivity contribution in [2.24, 2.45) is 5.41 Å². The average molecular weight is 395 g/mol. The average Bonchev–Trinajstić information content (AvgIpc) is 2.42. The molecule has 4 nitrogen and oxygen atoms in total. The van der Waals surface area contributed by atoms with E-state index >= 15 is 0 Å². The van der Waals surface area contributed by atoms with Crippen LogP contribution in [0, 0.1) is 15.5 Å². The van der Waals surface area contributed by atoms with Crippen LogP contribution >= 0.6 is 31.9 Å². The van der Waals surface area contributed by atoms with E-state index in [9.17, 15) is 10.1 Å². The highest BCUT2D eigenvalue weighted by Crippen LogP contribution is 2.36. The summed E-state index contributed by atoms with van der Waals surface area (Å²) < 4.78 is 6.18. The molecule has 1 aromatic carbocycles. The van der Waals surface area contributed by atoms with E-state index in [2.05, 4.69) is 45.7 Å². The number of nitrogens with zero attached hydrogens (tertiary/aromatic N) is 1. The van der Waals surface area contributed by atoms with Crippen LogP contribution in [0.2, 0.25) is 0 Å². The van der Waals surface area contributed by atoms with Crippen LogP contribution in [0.4, 0.5) is 5.69 Å². The molecule has 106 valence electrons. The van der Waals surface area contributed by atoms with Crippen LogP contribution in [-0.4, -0.2) is 16.9 Å². The standard InChI is InChI=1S/C13H17Br2NO3/c1-3-13(4-2,8-14)9-19-11-7-5-6-10(12(11)15)16(17)18/h5-7H,3-4,8-9H2,1-2H3. The van der Waals surface area contributed by atoms with Gasteiger partial charge in [-0.1, -0.05) is 35.8 Å². The van der Waals surface area contributed by atoms with E-state index in [1.165, 1.54) is 6.07 Å². The first kappa shape index (κ1) is 16.4. The summed E-state index contributed by atoms with van der Waals surface area (Å²) in [6.45, 7) is 4.78. The molecule has 0 amide bonds. The van der Waals surface area contributed by atoms with Gasteiger partial charge in [0.15, 0.2) is 0 Å². The number of benzene rings is 1. The Bertz CT molecular complexity index is 439. The van der Waals surface area contributed by atoms with Gasteiger partial charge >= 0.3 is 0 Å². The van der Waals surface area contributed by atoms with Gasteiger partial charge < -0.3 is 4.74 Å². The van der Waals surface area contributed by atoms with Crippen molar-refractivity contribution < 1.29 is 9.66 Å². The van der Waals surface area contributed by atoms with E-state index in [1.807, 2.05) is 0 Å². The van der Waals surface area contributed by atoms with E-state index in [0.717, 1.165) is 18.2 Å². The summed E-state index contributed by atoms with van der Waals surface area (Å²) in [6, 6.07) is 4.82. The highest BCUT2D eigenvalue weighted by molar-refractivity contribution is 9.10. The highest BCUT2D eigenvalue weighted by atomic mass is 79.9. The van der Waals surface area contributed by atoms with Crippen molar-refractivity contribution in [2.45, 2.75) is 26.7 Å². The van der Waals surface area contributed by atoms with Crippen molar-refractivity contribution in [1.29, 1.82) is 0 Å². The summed E-state index contributed by atoms with van der Waals surface area (Å²) in [5, 5.41) is 11.7. The Hall–Kier alpha value is -0.620. The maximum Gasteiger partial charge on any atom is 0.287 e. The predicted molar refractivity (Wildman–Crippen MR) is 83.1 cm³/mol. The molecule has 0 aliphatic carbocycles. The molecule has 0 unspecified atom stereocenters. The number of rotatable bonds is 7. The van der Waals surface area contributed by atoms with Crippen LogP contribution in [0.1, 0.15) is 26.7 Å². The summed E-state index contributed by atoms with van der Waals surface area (Å²) in [5.74, 6) is 0.515. The summed E-state index contributed by atoms with van der Waals surface area (Å²) in [6.07, 6.45) is 1.97. The number of nitro benzene ring substituents is 1. The molecular weight excluding hydrogens is 378 g/mol. The summed E-state index contributed by atoms with van der Waals surface area (Å²) in [7, 11) is 0. The fourth-order valence-electron chi connectivity index (χ4n) is 1.66. The van der Waals surface area contributed by atoms with Gasteiger partial charge in [-0.2, -0.15) is 0 Å². The molecule has 19 heavy (non-hydrogen) atoms. The van der Waals surface area contributed by atoms with Gasteiger partial charge in [0.25, 0.3) is 5.69 Å². The third kappa shape index (κ3) is 3.92. The normalized spacial score (nSPS) is 11.4. The van der Waals surface area contributed by atoms with Gasteiger partial charge in [-0.25, -0.2) is 0 Å². The van der Waals surface area contributed by atoms with Gasteiger partial charge in [0, 0.05) is 16.8 Å². The summed E-state index contributed by atoms with van der Waals surface area (Å²) in [4.78, 5) is 10.4. The zero-order chi connectivity index (χ0) is 14.5. The molecular formula is C13H17Br2NO3. The topological polar surface area (TPSA) is 52.4 Å². The third-order valence-electron chi connectivity index (χ3n) is 3.46. The number of ether oxygens (including phenoxy) is 1. The minimum Gasteiger partial charge on any atom is -0.492 e. The van der Waals surface area contributed by atoms with Crippen LogP contribution in [-0.2, 0) is 0 Å². The number of alkyl halides is 1. The Labute approximate surface area is 129 Å². The van der Waals surface area contributed by atoms with Crippen LogP contribution in [0.15, 0.2) is 22.7 Å². The van der Waals surface area contributed by atoms with Crippen LogP contribution in [0.3, 0.4) is 0 Å². The molecule has 0 heterocycles. The molecule has 0 saturated carbocycles. The lowest BCUT2D eigenvalue weighted by Crippen LogP contribution is -2.29. The predicted octanol–water partition coefficient (Wildman–Crippen LogP) is 4.94. The molecule has 0 saturated heterocycles. The number of halogens is 2. The van der Waals surface area contributed by atoms with E-state index in [0.29, 0.717) is 16.8 Å². The summed E-state index contributed by atoms with van der Waals surface area (Å²) in [5.41, 5.74) is 0.0827. The maximum absolute atomic E-state index is 10.9. The van der Waals surface area contributed by atoms with Crippen molar-refractivity contribution in [2.75, 3.05) is 11.9 Å². The molecule has 0 spiro atoms. The second kappa shape index (κ2) is 7.24. The Kier molecular flexibility index (Phi) is 6.26. The van der Waals surface area contributed by atoms with Gasteiger partial charge in [-0.05, 0) is 34.8 Å².